The van der Waals surface area contributed by atoms with Gasteiger partial charge in [-0.3, -0.25) is 15.0 Å². The van der Waals surface area contributed by atoms with Crippen LogP contribution in [-0.2, 0) is 11.3 Å². The number of likely N-dealkylation sites (tertiary alicyclic amines) is 1. The largest absolute Gasteiger partial charge is 0.493 e. The molecular weight excluding hydrogens is 374 g/mol. The van der Waals surface area contributed by atoms with Crippen LogP contribution in [0.15, 0.2) is 29.7 Å². The molecule has 0 bridgehead atoms. The van der Waals surface area contributed by atoms with Crippen LogP contribution in [-0.4, -0.2) is 43.1 Å². The van der Waals surface area contributed by atoms with E-state index in [9.17, 15) is 4.79 Å². The highest BCUT2D eigenvalue weighted by Gasteiger charge is 2.12. The highest BCUT2D eigenvalue weighted by atomic mass is 32.1. The van der Waals surface area contributed by atoms with Crippen LogP contribution in [0.25, 0.3) is 6.08 Å². The van der Waals surface area contributed by atoms with E-state index >= 15 is 0 Å². The molecule has 1 amide bonds. The van der Waals surface area contributed by atoms with Gasteiger partial charge in [-0.15, -0.1) is 11.3 Å². The zero-order valence-electron chi connectivity index (χ0n) is 16.4. The molecule has 150 valence electrons. The summed E-state index contributed by atoms with van der Waals surface area (Å²) in [7, 11) is 3.18. The highest BCUT2D eigenvalue weighted by Crippen LogP contribution is 2.28. The molecular formula is C21H27N3O3S. The Kier molecular flexibility index (Phi) is 7.45. The van der Waals surface area contributed by atoms with Crippen molar-refractivity contribution in [3.05, 3.63) is 40.9 Å². The smallest absolute Gasteiger partial charge is 0.250 e. The van der Waals surface area contributed by atoms with Gasteiger partial charge in [0.25, 0.3) is 0 Å². The van der Waals surface area contributed by atoms with Crippen LogP contribution in [0.1, 0.15) is 36.9 Å². The van der Waals surface area contributed by atoms with E-state index in [-0.39, 0.29) is 5.91 Å². The van der Waals surface area contributed by atoms with Crippen molar-refractivity contribution in [2.45, 2.75) is 32.2 Å². The third-order valence-electron chi connectivity index (χ3n) is 4.70. The first kappa shape index (κ1) is 20.4. The van der Waals surface area contributed by atoms with Crippen molar-refractivity contribution >= 4 is 28.5 Å². The lowest BCUT2D eigenvalue weighted by Gasteiger charge is -2.17. The maximum absolute atomic E-state index is 12.2. The molecule has 28 heavy (non-hydrogen) atoms. The van der Waals surface area contributed by atoms with E-state index in [2.05, 4.69) is 15.2 Å². The van der Waals surface area contributed by atoms with E-state index in [0.29, 0.717) is 16.6 Å². The quantitative estimate of drug-likeness (QED) is 0.705. The predicted molar refractivity (Wildman–Crippen MR) is 113 cm³/mol. The number of nitrogens with zero attached hydrogens (tertiary/aromatic N) is 2. The van der Waals surface area contributed by atoms with Gasteiger partial charge in [0, 0.05) is 18.0 Å². The molecule has 1 aliphatic heterocycles. The van der Waals surface area contributed by atoms with Crippen LogP contribution in [0.3, 0.4) is 0 Å². The van der Waals surface area contributed by atoms with Crippen LogP contribution < -0.4 is 14.8 Å². The molecule has 1 fully saturated rings. The van der Waals surface area contributed by atoms with E-state index in [1.54, 1.807) is 20.3 Å². The van der Waals surface area contributed by atoms with Crippen molar-refractivity contribution in [1.29, 1.82) is 0 Å². The Hall–Kier alpha value is -2.38. The van der Waals surface area contributed by atoms with Crippen LogP contribution >= 0.6 is 11.3 Å². The SMILES string of the molecule is COc1ccc(/C=C/C(=O)Nc2nc(CN3CCCCCC3)cs2)cc1OC. The molecule has 6 nitrogen and oxygen atoms in total. The zero-order chi connectivity index (χ0) is 19.8. The number of benzene rings is 1. The first-order chi connectivity index (χ1) is 13.7. The molecule has 0 saturated carbocycles. The minimum absolute atomic E-state index is 0.203. The van der Waals surface area contributed by atoms with Gasteiger partial charge >= 0.3 is 0 Å². The number of ether oxygens (including phenoxy) is 2. The summed E-state index contributed by atoms with van der Waals surface area (Å²) < 4.78 is 10.5. The number of rotatable bonds is 7. The monoisotopic (exact) mass is 401 g/mol. The maximum Gasteiger partial charge on any atom is 0.250 e. The number of aromatic nitrogens is 1. The zero-order valence-corrected chi connectivity index (χ0v) is 17.3. The molecule has 0 radical (unpaired) electrons. The lowest BCUT2D eigenvalue weighted by molar-refractivity contribution is -0.111. The summed E-state index contributed by atoms with van der Waals surface area (Å²) in [5.74, 6) is 1.08. The molecule has 0 aliphatic carbocycles. The molecule has 7 heteroatoms. The van der Waals surface area contributed by atoms with Crippen molar-refractivity contribution < 1.29 is 14.3 Å². The van der Waals surface area contributed by atoms with Crippen LogP contribution in [0.5, 0.6) is 11.5 Å². The predicted octanol–water partition coefficient (Wildman–Crippen LogP) is 4.19. The van der Waals surface area contributed by atoms with Crippen molar-refractivity contribution in [1.82, 2.24) is 9.88 Å². The van der Waals surface area contributed by atoms with Crippen LogP contribution in [0.4, 0.5) is 5.13 Å². The lowest BCUT2D eigenvalue weighted by Crippen LogP contribution is -2.24. The summed E-state index contributed by atoms with van der Waals surface area (Å²) >= 11 is 1.46. The highest BCUT2D eigenvalue weighted by molar-refractivity contribution is 7.13. The van der Waals surface area contributed by atoms with E-state index in [1.807, 2.05) is 23.6 Å². The maximum atomic E-state index is 12.2. The van der Waals surface area contributed by atoms with Crippen LogP contribution in [0, 0.1) is 0 Å². The van der Waals surface area contributed by atoms with E-state index in [1.165, 1.54) is 43.1 Å². The number of methoxy groups -OCH3 is 2. The molecule has 2 aromatic rings. The molecule has 0 unspecified atom stereocenters. The summed E-state index contributed by atoms with van der Waals surface area (Å²) in [5, 5.41) is 5.50. The van der Waals surface area contributed by atoms with E-state index in [0.717, 1.165) is 30.9 Å². The summed E-state index contributed by atoms with van der Waals surface area (Å²) in [6, 6.07) is 5.51. The molecule has 1 aromatic carbocycles. The van der Waals surface area contributed by atoms with Gasteiger partial charge in [0.05, 0.1) is 19.9 Å². The van der Waals surface area contributed by atoms with Crippen LogP contribution in [0.2, 0.25) is 0 Å². The molecule has 2 heterocycles. The second-order valence-electron chi connectivity index (χ2n) is 6.77. The van der Waals surface area contributed by atoms with Gasteiger partial charge in [0.1, 0.15) is 0 Å². The second kappa shape index (κ2) is 10.2. The number of hydrogen-bond acceptors (Lipinski definition) is 6. The van der Waals surface area contributed by atoms with Gasteiger partial charge in [-0.25, -0.2) is 4.98 Å². The topological polar surface area (TPSA) is 63.7 Å². The molecule has 1 aliphatic rings. The number of nitrogens with one attached hydrogen (secondary N) is 1. The van der Waals surface area contributed by atoms with Gasteiger partial charge in [-0.2, -0.15) is 0 Å². The van der Waals surface area contributed by atoms with Crippen molar-refractivity contribution in [3.63, 3.8) is 0 Å². The number of amides is 1. The Labute approximate surface area is 170 Å². The minimum atomic E-state index is -0.203. The first-order valence-corrected chi connectivity index (χ1v) is 10.4. The Bertz CT molecular complexity index is 811. The molecule has 1 N–H and O–H groups in total. The van der Waals surface area contributed by atoms with E-state index < -0.39 is 0 Å². The van der Waals surface area contributed by atoms with E-state index in [4.69, 9.17) is 9.47 Å². The average molecular weight is 402 g/mol. The normalized spacial score (nSPS) is 15.4. The van der Waals surface area contributed by atoms with Gasteiger partial charge in [-0.1, -0.05) is 18.9 Å². The Morgan fingerprint density at radius 2 is 1.93 bits per heavy atom. The lowest BCUT2D eigenvalue weighted by atomic mass is 10.2. The van der Waals surface area contributed by atoms with Crippen molar-refractivity contribution in [3.8, 4) is 11.5 Å². The summed E-state index contributed by atoms with van der Waals surface area (Å²) in [6.45, 7) is 3.12. The Morgan fingerprint density at radius 1 is 1.18 bits per heavy atom. The summed E-state index contributed by atoms with van der Waals surface area (Å²) in [4.78, 5) is 19.2. The van der Waals surface area contributed by atoms with Gasteiger partial charge in [0.2, 0.25) is 5.91 Å². The number of carbonyl (C=O) groups excluding carboxylic acids is 1. The number of anilines is 1. The standard InChI is InChI=1S/C21H27N3O3S/c1-26-18-9-7-16(13-19(18)27-2)8-10-20(25)23-21-22-17(15-28-21)14-24-11-5-3-4-6-12-24/h7-10,13,15H,3-6,11-12,14H2,1-2H3,(H,22,23,25)/b10-8+. The summed E-state index contributed by atoms with van der Waals surface area (Å²) in [6.07, 6.45) is 8.39. The first-order valence-electron chi connectivity index (χ1n) is 9.56. The second-order valence-corrected chi connectivity index (χ2v) is 7.63. The van der Waals surface area contributed by atoms with Gasteiger partial charge in [-0.05, 0) is 49.7 Å². The molecule has 0 spiro atoms. The Morgan fingerprint density at radius 3 is 2.64 bits per heavy atom. The minimum Gasteiger partial charge on any atom is -0.493 e. The third kappa shape index (κ3) is 5.81. The van der Waals surface area contributed by atoms with Crippen molar-refractivity contribution in [2.24, 2.45) is 0 Å². The van der Waals surface area contributed by atoms with Gasteiger partial charge < -0.3 is 9.47 Å². The average Bonchev–Trinajstić information content (AvgIpc) is 2.98. The summed E-state index contributed by atoms with van der Waals surface area (Å²) in [5.41, 5.74) is 1.87. The molecule has 3 rings (SSSR count). The number of thiazole rings is 1. The third-order valence-corrected chi connectivity index (χ3v) is 5.51. The Balaban J connectivity index is 1.55. The fraction of sp³-hybridized carbons (Fsp3) is 0.429. The molecule has 0 atom stereocenters. The fourth-order valence-corrected chi connectivity index (χ4v) is 3.94. The van der Waals surface area contributed by atoms with Gasteiger partial charge in [0.15, 0.2) is 16.6 Å². The van der Waals surface area contributed by atoms with Crippen molar-refractivity contribution in [2.75, 3.05) is 32.6 Å². The number of hydrogen-bond donors (Lipinski definition) is 1. The fourth-order valence-electron chi connectivity index (χ4n) is 3.24. The molecule has 1 saturated heterocycles. The number of carbonyl (C=O) groups is 1. The molecule has 1 aromatic heterocycles.